The number of carbonyl (C=O) groups is 1. The molecule has 0 spiro atoms. The smallest absolute Gasteiger partial charge is 0.261 e. The molecular formula is C22H17FN2O3S2. The van der Waals surface area contributed by atoms with Crippen molar-refractivity contribution in [2.75, 3.05) is 0 Å². The molecule has 0 saturated heterocycles. The Kier molecular flexibility index (Phi) is 5.36. The Bertz CT molecular complexity index is 1310. The van der Waals surface area contributed by atoms with Crippen LogP contribution in [0.4, 0.5) is 4.39 Å². The number of nitrogens with zero attached hydrogens (tertiary/aromatic N) is 1. The number of hydrogen-bond acceptors (Lipinski definition) is 5. The Balaban J connectivity index is 1.47. The number of pyridine rings is 1. The molecule has 0 bridgehead atoms. The van der Waals surface area contributed by atoms with Crippen molar-refractivity contribution in [3.05, 3.63) is 88.8 Å². The van der Waals surface area contributed by atoms with E-state index in [4.69, 9.17) is 0 Å². The Hall–Kier alpha value is -3.10. The van der Waals surface area contributed by atoms with E-state index in [1.807, 2.05) is 12.1 Å². The first-order chi connectivity index (χ1) is 14.3. The van der Waals surface area contributed by atoms with E-state index in [-0.39, 0.29) is 22.2 Å². The second-order valence-electron chi connectivity index (χ2n) is 6.79. The quantitative estimate of drug-likeness (QED) is 0.496. The maximum atomic E-state index is 14.1. The van der Waals surface area contributed by atoms with E-state index < -0.39 is 15.7 Å². The Morgan fingerprint density at radius 3 is 2.57 bits per heavy atom. The first-order valence-corrected chi connectivity index (χ1v) is 11.4. The van der Waals surface area contributed by atoms with Gasteiger partial charge in [-0.15, -0.1) is 11.3 Å². The minimum atomic E-state index is -3.96. The number of aryl methyl sites for hydroxylation is 1. The second kappa shape index (κ2) is 7.97. The lowest BCUT2D eigenvalue weighted by Crippen LogP contribution is -2.21. The fraction of sp³-hybridized carbons (Fsp3) is 0.0909. The highest BCUT2D eigenvalue weighted by Gasteiger charge is 2.21. The van der Waals surface area contributed by atoms with E-state index in [2.05, 4.69) is 10.3 Å². The molecule has 0 fully saturated rings. The highest BCUT2D eigenvalue weighted by molar-refractivity contribution is 7.91. The molecule has 5 nitrogen and oxygen atoms in total. The Morgan fingerprint density at radius 2 is 1.87 bits per heavy atom. The van der Waals surface area contributed by atoms with Crippen LogP contribution in [0.3, 0.4) is 0 Å². The van der Waals surface area contributed by atoms with Crippen LogP contribution in [0.5, 0.6) is 0 Å². The highest BCUT2D eigenvalue weighted by Crippen LogP contribution is 2.25. The van der Waals surface area contributed by atoms with Crippen molar-refractivity contribution >= 4 is 37.2 Å². The number of benzene rings is 2. The molecule has 30 heavy (non-hydrogen) atoms. The zero-order valence-electron chi connectivity index (χ0n) is 15.9. The third kappa shape index (κ3) is 3.96. The molecule has 4 rings (SSSR count). The average molecular weight is 441 g/mol. The molecule has 0 radical (unpaired) electrons. The Labute approximate surface area is 177 Å². The molecule has 0 unspecified atom stereocenters. The number of rotatable bonds is 5. The van der Waals surface area contributed by atoms with E-state index in [1.165, 1.54) is 35.6 Å². The molecular weight excluding hydrogens is 423 g/mol. The van der Waals surface area contributed by atoms with Crippen molar-refractivity contribution in [3.8, 4) is 0 Å². The molecule has 2 aromatic heterocycles. The first kappa shape index (κ1) is 20.2. The maximum absolute atomic E-state index is 14.1. The molecule has 2 heterocycles. The predicted octanol–water partition coefficient (Wildman–Crippen LogP) is 4.51. The number of amides is 1. The van der Waals surface area contributed by atoms with Gasteiger partial charge in [0.2, 0.25) is 9.84 Å². The number of aromatic nitrogens is 1. The van der Waals surface area contributed by atoms with Gasteiger partial charge in [0, 0.05) is 18.9 Å². The third-order valence-corrected chi connectivity index (χ3v) is 7.50. The standard InChI is InChI=1S/C22H17FN2O3S2/c1-14-2-7-21(18(23)10-14)30(27,28)17-5-3-15(4-6-17)12-25-22(26)19-11-16-8-9-24-13-20(16)29-19/h2-11,13H,12H2,1H3,(H,25,26). The van der Waals surface area contributed by atoms with E-state index in [0.717, 1.165) is 15.6 Å². The van der Waals surface area contributed by atoms with Gasteiger partial charge in [-0.2, -0.15) is 0 Å². The lowest BCUT2D eigenvalue weighted by atomic mass is 10.2. The van der Waals surface area contributed by atoms with Crippen molar-refractivity contribution in [1.29, 1.82) is 0 Å². The molecule has 0 aliphatic heterocycles. The summed E-state index contributed by atoms with van der Waals surface area (Å²) in [4.78, 5) is 16.7. The maximum Gasteiger partial charge on any atom is 0.261 e. The molecule has 0 aliphatic carbocycles. The van der Waals surface area contributed by atoms with Gasteiger partial charge in [-0.3, -0.25) is 9.78 Å². The van der Waals surface area contributed by atoms with E-state index in [0.29, 0.717) is 10.4 Å². The third-order valence-electron chi connectivity index (χ3n) is 4.61. The van der Waals surface area contributed by atoms with Gasteiger partial charge in [0.1, 0.15) is 10.7 Å². The van der Waals surface area contributed by atoms with Crippen LogP contribution < -0.4 is 5.32 Å². The number of fused-ring (bicyclic) bond motifs is 1. The largest absolute Gasteiger partial charge is 0.347 e. The summed E-state index contributed by atoms with van der Waals surface area (Å²) >= 11 is 1.36. The van der Waals surface area contributed by atoms with Gasteiger partial charge in [-0.25, -0.2) is 12.8 Å². The molecule has 1 amide bonds. The predicted molar refractivity (Wildman–Crippen MR) is 114 cm³/mol. The Morgan fingerprint density at radius 1 is 1.10 bits per heavy atom. The SMILES string of the molecule is Cc1ccc(S(=O)(=O)c2ccc(CNC(=O)c3cc4ccncc4s3)cc2)c(F)c1. The fourth-order valence-electron chi connectivity index (χ4n) is 3.00. The molecule has 8 heteroatoms. The van der Waals surface area contributed by atoms with Crippen molar-refractivity contribution in [1.82, 2.24) is 10.3 Å². The van der Waals surface area contributed by atoms with Crippen LogP contribution in [-0.4, -0.2) is 19.3 Å². The van der Waals surface area contributed by atoms with Gasteiger partial charge in [0.15, 0.2) is 0 Å². The summed E-state index contributed by atoms with van der Waals surface area (Å²) in [6, 6.07) is 13.7. The van der Waals surface area contributed by atoms with Gasteiger partial charge in [0.25, 0.3) is 5.91 Å². The normalized spacial score (nSPS) is 11.5. The van der Waals surface area contributed by atoms with Crippen LogP contribution in [0.25, 0.3) is 10.1 Å². The number of thiophene rings is 1. The summed E-state index contributed by atoms with van der Waals surface area (Å²) in [6.45, 7) is 1.93. The molecule has 0 atom stereocenters. The minimum Gasteiger partial charge on any atom is -0.347 e. The molecule has 1 N–H and O–H groups in total. The summed E-state index contributed by atoms with van der Waals surface area (Å²) < 4.78 is 40.5. The lowest BCUT2D eigenvalue weighted by molar-refractivity contribution is 0.0955. The van der Waals surface area contributed by atoms with Crippen molar-refractivity contribution in [2.24, 2.45) is 0 Å². The lowest BCUT2D eigenvalue weighted by Gasteiger charge is -2.08. The van der Waals surface area contributed by atoms with Crippen LogP contribution in [0.15, 0.2) is 76.8 Å². The zero-order chi connectivity index (χ0) is 21.3. The summed E-state index contributed by atoms with van der Waals surface area (Å²) in [6.07, 6.45) is 3.39. The summed E-state index contributed by atoms with van der Waals surface area (Å²) in [5.41, 5.74) is 1.38. The molecule has 0 saturated carbocycles. The van der Waals surface area contributed by atoms with E-state index >= 15 is 0 Å². The van der Waals surface area contributed by atoms with E-state index in [1.54, 1.807) is 37.5 Å². The molecule has 0 aliphatic rings. The van der Waals surface area contributed by atoms with Gasteiger partial charge in [-0.05, 0) is 59.8 Å². The van der Waals surface area contributed by atoms with Crippen LogP contribution in [0.2, 0.25) is 0 Å². The minimum absolute atomic E-state index is 0.00247. The van der Waals surface area contributed by atoms with Gasteiger partial charge in [-0.1, -0.05) is 18.2 Å². The number of sulfone groups is 1. The monoisotopic (exact) mass is 440 g/mol. The van der Waals surface area contributed by atoms with Crippen LogP contribution >= 0.6 is 11.3 Å². The topological polar surface area (TPSA) is 76.1 Å². The van der Waals surface area contributed by atoms with Crippen LogP contribution in [-0.2, 0) is 16.4 Å². The van der Waals surface area contributed by atoms with E-state index in [9.17, 15) is 17.6 Å². The number of nitrogens with one attached hydrogen (secondary N) is 1. The van der Waals surface area contributed by atoms with Crippen LogP contribution in [0, 0.1) is 12.7 Å². The van der Waals surface area contributed by atoms with Gasteiger partial charge < -0.3 is 5.32 Å². The van der Waals surface area contributed by atoms with Crippen molar-refractivity contribution in [3.63, 3.8) is 0 Å². The average Bonchev–Trinajstić information content (AvgIpc) is 3.16. The summed E-state index contributed by atoms with van der Waals surface area (Å²) in [7, 11) is -3.96. The van der Waals surface area contributed by atoms with Crippen molar-refractivity contribution in [2.45, 2.75) is 23.3 Å². The summed E-state index contributed by atoms with van der Waals surface area (Å²) in [5, 5.41) is 3.78. The molecule has 152 valence electrons. The van der Waals surface area contributed by atoms with Gasteiger partial charge in [0.05, 0.1) is 14.5 Å². The fourth-order valence-corrected chi connectivity index (χ4v) is 5.26. The first-order valence-electron chi connectivity index (χ1n) is 9.06. The number of carbonyl (C=O) groups excluding carboxylic acids is 1. The van der Waals surface area contributed by atoms with Gasteiger partial charge >= 0.3 is 0 Å². The molecule has 4 aromatic rings. The van der Waals surface area contributed by atoms with Crippen LogP contribution in [0.1, 0.15) is 20.8 Å². The molecule has 2 aromatic carbocycles. The number of hydrogen-bond donors (Lipinski definition) is 1. The number of halogens is 1. The highest BCUT2D eigenvalue weighted by atomic mass is 32.2. The second-order valence-corrected chi connectivity index (χ2v) is 9.79. The summed E-state index contributed by atoms with van der Waals surface area (Å²) in [5.74, 6) is -0.987. The van der Waals surface area contributed by atoms with Crippen molar-refractivity contribution < 1.29 is 17.6 Å². The zero-order valence-corrected chi connectivity index (χ0v) is 17.6.